The summed E-state index contributed by atoms with van der Waals surface area (Å²) in [6, 6.07) is 7.81. The molecule has 4 nitrogen and oxygen atoms in total. The van der Waals surface area contributed by atoms with Gasteiger partial charge in [-0.25, -0.2) is 0 Å². The van der Waals surface area contributed by atoms with Gasteiger partial charge >= 0.3 is 0 Å². The summed E-state index contributed by atoms with van der Waals surface area (Å²) in [6.45, 7) is 6.26. The van der Waals surface area contributed by atoms with Crippen molar-refractivity contribution in [2.75, 3.05) is 26.7 Å². The SMILES string of the molecule is CCNC(=NCC(C)CO)N(C)Cc1ccccc1Cl.I. The van der Waals surface area contributed by atoms with Crippen molar-refractivity contribution in [1.29, 1.82) is 0 Å². The highest BCUT2D eigenvalue weighted by Crippen LogP contribution is 2.16. The summed E-state index contributed by atoms with van der Waals surface area (Å²) in [5.74, 6) is 0.991. The third kappa shape index (κ3) is 7.33. The number of guanidine groups is 1. The number of rotatable bonds is 6. The normalized spacial score (nSPS) is 12.5. The smallest absolute Gasteiger partial charge is 0.193 e. The molecule has 2 N–H and O–H groups in total. The van der Waals surface area contributed by atoms with Crippen LogP contribution in [0.1, 0.15) is 19.4 Å². The molecule has 0 aliphatic rings. The summed E-state index contributed by atoms with van der Waals surface area (Å²) in [7, 11) is 1.98. The standard InChI is InChI=1S/C15H24ClN3O.HI/c1-4-17-15(18-9-12(2)11-20)19(3)10-13-7-5-6-8-14(13)16;/h5-8,12,20H,4,9-11H2,1-3H3,(H,17,18);1H. The van der Waals surface area contributed by atoms with E-state index in [1.807, 2.05) is 50.1 Å². The van der Waals surface area contributed by atoms with Crippen LogP contribution in [-0.2, 0) is 6.54 Å². The fourth-order valence-electron chi connectivity index (χ4n) is 1.73. The van der Waals surface area contributed by atoms with Gasteiger partial charge in [-0.15, -0.1) is 24.0 Å². The number of nitrogens with zero attached hydrogens (tertiary/aromatic N) is 2. The molecule has 1 aromatic rings. The molecule has 0 aliphatic heterocycles. The Morgan fingerprint density at radius 2 is 2.10 bits per heavy atom. The van der Waals surface area contributed by atoms with Crippen molar-refractivity contribution in [3.63, 3.8) is 0 Å². The summed E-state index contributed by atoms with van der Waals surface area (Å²) < 4.78 is 0. The van der Waals surface area contributed by atoms with Gasteiger partial charge in [0.25, 0.3) is 0 Å². The molecule has 0 bridgehead atoms. The molecule has 0 saturated carbocycles. The number of nitrogens with one attached hydrogen (secondary N) is 1. The maximum absolute atomic E-state index is 9.07. The van der Waals surface area contributed by atoms with Crippen molar-refractivity contribution in [2.45, 2.75) is 20.4 Å². The van der Waals surface area contributed by atoms with Crippen LogP contribution in [-0.4, -0.2) is 42.7 Å². The number of aliphatic hydroxyl groups excluding tert-OH is 1. The van der Waals surface area contributed by atoms with E-state index in [2.05, 4.69) is 10.3 Å². The third-order valence-corrected chi connectivity index (χ3v) is 3.29. The Labute approximate surface area is 149 Å². The highest BCUT2D eigenvalue weighted by atomic mass is 127. The van der Waals surface area contributed by atoms with Gasteiger partial charge in [-0.3, -0.25) is 4.99 Å². The molecule has 1 rings (SSSR count). The van der Waals surface area contributed by atoms with E-state index in [1.165, 1.54) is 0 Å². The van der Waals surface area contributed by atoms with Crippen LogP contribution in [0.4, 0.5) is 0 Å². The molecule has 0 heterocycles. The molecule has 0 aliphatic carbocycles. The molecule has 0 saturated heterocycles. The second-order valence-electron chi connectivity index (χ2n) is 4.93. The zero-order valence-corrected chi connectivity index (χ0v) is 15.9. The molecule has 0 radical (unpaired) electrons. The van der Waals surface area contributed by atoms with E-state index in [0.717, 1.165) is 23.1 Å². The maximum atomic E-state index is 9.07. The van der Waals surface area contributed by atoms with Gasteiger partial charge < -0.3 is 15.3 Å². The molecule has 0 spiro atoms. The number of benzene rings is 1. The quantitative estimate of drug-likeness (QED) is 0.418. The Balaban J connectivity index is 0.00000400. The summed E-state index contributed by atoms with van der Waals surface area (Å²) in [5, 5.41) is 13.1. The number of aliphatic hydroxyl groups is 1. The second-order valence-corrected chi connectivity index (χ2v) is 5.34. The minimum absolute atomic E-state index is 0. The Morgan fingerprint density at radius 3 is 2.67 bits per heavy atom. The van der Waals surface area contributed by atoms with Gasteiger partial charge in [0.15, 0.2) is 5.96 Å². The summed E-state index contributed by atoms with van der Waals surface area (Å²) in [5.41, 5.74) is 1.07. The monoisotopic (exact) mass is 425 g/mol. The Bertz CT molecular complexity index is 443. The first kappa shape index (κ1) is 20.5. The van der Waals surface area contributed by atoms with Crippen LogP contribution >= 0.6 is 35.6 Å². The van der Waals surface area contributed by atoms with E-state index >= 15 is 0 Å². The molecular weight excluding hydrogens is 401 g/mol. The first-order valence-corrected chi connectivity index (χ1v) is 7.30. The lowest BCUT2D eigenvalue weighted by Crippen LogP contribution is -2.38. The van der Waals surface area contributed by atoms with Gasteiger partial charge in [0.05, 0.1) is 0 Å². The van der Waals surface area contributed by atoms with Crippen LogP contribution in [0.2, 0.25) is 5.02 Å². The molecule has 1 atom stereocenters. The van der Waals surface area contributed by atoms with E-state index in [-0.39, 0.29) is 36.5 Å². The van der Waals surface area contributed by atoms with Crippen LogP contribution < -0.4 is 5.32 Å². The predicted molar refractivity (Wildman–Crippen MR) is 101 cm³/mol. The number of hydrogen-bond donors (Lipinski definition) is 2. The predicted octanol–water partition coefficient (Wildman–Crippen LogP) is 2.98. The second kappa shape index (κ2) is 11.1. The van der Waals surface area contributed by atoms with Crippen LogP contribution in [0.15, 0.2) is 29.3 Å². The van der Waals surface area contributed by atoms with E-state index in [1.54, 1.807) is 0 Å². The average Bonchev–Trinajstić information content (AvgIpc) is 2.45. The van der Waals surface area contributed by atoms with Gasteiger partial charge in [0.2, 0.25) is 0 Å². The van der Waals surface area contributed by atoms with E-state index < -0.39 is 0 Å². The molecule has 0 amide bonds. The lowest BCUT2D eigenvalue weighted by atomic mass is 10.2. The molecule has 6 heteroatoms. The van der Waals surface area contributed by atoms with Gasteiger partial charge in [0.1, 0.15) is 0 Å². The lowest BCUT2D eigenvalue weighted by Gasteiger charge is -2.23. The van der Waals surface area contributed by atoms with Gasteiger partial charge in [-0.1, -0.05) is 36.7 Å². The summed E-state index contributed by atoms with van der Waals surface area (Å²) in [4.78, 5) is 6.57. The van der Waals surface area contributed by atoms with Crippen molar-refractivity contribution < 1.29 is 5.11 Å². The first-order chi connectivity index (χ1) is 9.58. The minimum Gasteiger partial charge on any atom is -0.396 e. The van der Waals surface area contributed by atoms with Crippen LogP contribution in [0, 0.1) is 5.92 Å². The Morgan fingerprint density at radius 1 is 1.43 bits per heavy atom. The summed E-state index contributed by atoms with van der Waals surface area (Å²) in [6.07, 6.45) is 0. The van der Waals surface area contributed by atoms with Gasteiger partial charge in [-0.2, -0.15) is 0 Å². The third-order valence-electron chi connectivity index (χ3n) is 2.93. The molecule has 1 aromatic carbocycles. The molecule has 1 unspecified atom stereocenters. The van der Waals surface area contributed by atoms with Crippen LogP contribution in [0.3, 0.4) is 0 Å². The van der Waals surface area contributed by atoms with Crippen molar-refractivity contribution in [3.8, 4) is 0 Å². The van der Waals surface area contributed by atoms with E-state index in [0.29, 0.717) is 13.1 Å². The highest BCUT2D eigenvalue weighted by Gasteiger charge is 2.09. The number of halogens is 2. The zero-order valence-electron chi connectivity index (χ0n) is 12.8. The lowest BCUT2D eigenvalue weighted by molar-refractivity contribution is 0.241. The topological polar surface area (TPSA) is 47.9 Å². The van der Waals surface area contributed by atoms with Crippen molar-refractivity contribution in [3.05, 3.63) is 34.9 Å². The van der Waals surface area contributed by atoms with Crippen molar-refractivity contribution in [1.82, 2.24) is 10.2 Å². The maximum Gasteiger partial charge on any atom is 0.193 e. The zero-order chi connectivity index (χ0) is 15.0. The Kier molecular flexibility index (Phi) is 10.8. The van der Waals surface area contributed by atoms with Crippen molar-refractivity contribution in [2.24, 2.45) is 10.9 Å². The Hall–Kier alpha value is -0.530. The molecule has 0 aromatic heterocycles. The van der Waals surface area contributed by atoms with Gasteiger partial charge in [-0.05, 0) is 24.5 Å². The van der Waals surface area contributed by atoms with Crippen LogP contribution in [0.5, 0.6) is 0 Å². The number of aliphatic imine (C=N–C) groups is 1. The minimum atomic E-state index is 0. The fourth-order valence-corrected chi connectivity index (χ4v) is 1.92. The summed E-state index contributed by atoms with van der Waals surface area (Å²) >= 11 is 6.18. The van der Waals surface area contributed by atoms with Crippen molar-refractivity contribution >= 4 is 41.5 Å². The molecular formula is C15H25ClIN3O. The van der Waals surface area contributed by atoms with Crippen LogP contribution in [0.25, 0.3) is 0 Å². The average molecular weight is 426 g/mol. The highest BCUT2D eigenvalue weighted by molar-refractivity contribution is 14.0. The van der Waals surface area contributed by atoms with Gasteiger partial charge in [0, 0.05) is 38.3 Å². The van der Waals surface area contributed by atoms with E-state index in [9.17, 15) is 0 Å². The molecule has 0 fully saturated rings. The fraction of sp³-hybridized carbons (Fsp3) is 0.533. The van der Waals surface area contributed by atoms with E-state index in [4.69, 9.17) is 16.7 Å². The largest absolute Gasteiger partial charge is 0.396 e. The molecule has 120 valence electrons. The first-order valence-electron chi connectivity index (χ1n) is 6.92. The number of hydrogen-bond acceptors (Lipinski definition) is 2. The molecule has 21 heavy (non-hydrogen) atoms.